The minimum atomic E-state index is 0.404. The molecule has 1 aromatic carbocycles. The first kappa shape index (κ1) is 12.0. The molecule has 2 atom stereocenters. The van der Waals surface area contributed by atoms with Crippen molar-refractivity contribution in [2.24, 2.45) is 16.6 Å². The first-order valence-electron chi connectivity index (χ1n) is 6.60. The summed E-state index contributed by atoms with van der Waals surface area (Å²) in [7, 11) is 1.71. The third-order valence-electron chi connectivity index (χ3n) is 3.84. The van der Waals surface area contributed by atoms with Gasteiger partial charge >= 0.3 is 0 Å². The summed E-state index contributed by atoms with van der Waals surface area (Å²) in [5.74, 6) is 1.56. The lowest BCUT2D eigenvalue weighted by atomic mass is 9.99. The van der Waals surface area contributed by atoms with E-state index in [9.17, 15) is 0 Å². The lowest BCUT2D eigenvalue weighted by Gasteiger charge is -2.04. The number of methoxy groups -OCH3 is 1. The van der Waals surface area contributed by atoms with Crippen LogP contribution >= 0.6 is 0 Å². The van der Waals surface area contributed by atoms with Crippen molar-refractivity contribution >= 4 is 5.71 Å². The van der Waals surface area contributed by atoms with Gasteiger partial charge in [0.1, 0.15) is 5.75 Å². The molecule has 0 radical (unpaired) electrons. The molecule has 1 heterocycles. The molecule has 2 N–H and O–H groups in total. The van der Waals surface area contributed by atoms with Crippen LogP contribution in [-0.2, 0) is 12.8 Å². The van der Waals surface area contributed by atoms with E-state index in [-0.39, 0.29) is 0 Å². The van der Waals surface area contributed by atoms with Crippen molar-refractivity contribution in [2.45, 2.75) is 18.9 Å². The number of allylic oxidation sites excluding steroid dienone is 2. The summed E-state index contributed by atoms with van der Waals surface area (Å²) < 4.78 is 5.28. The van der Waals surface area contributed by atoms with Crippen molar-refractivity contribution in [3.63, 3.8) is 0 Å². The average Bonchev–Trinajstić information content (AvgIpc) is 3.08. The molecule has 19 heavy (non-hydrogen) atoms. The predicted molar refractivity (Wildman–Crippen MR) is 77.6 cm³/mol. The van der Waals surface area contributed by atoms with E-state index in [4.69, 9.17) is 10.5 Å². The molecule has 3 nitrogen and oxygen atoms in total. The minimum absolute atomic E-state index is 0.404. The van der Waals surface area contributed by atoms with E-state index in [0.717, 1.165) is 18.6 Å². The van der Waals surface area contributed by atoms with Crippen LogP contribution in [0.5, 0.6) is 5.75 Å². The second kappa shape index (κ2) is 4.92. The van der Waals surface area contributed by atoms with Gasteiger partial charge in [-0.15, -0.1) is 0 Å². The highest BCUT2D eigenvalue weighted by atomic mass is 16.5. The van der Waals surface area contributed by atoms with Crippen LogP contribution in [0.15, 0.2) is 47.6 Å². The van der Waals surface area contributed by atoms with Crippen molar-refractivity contribution in [2.75, 3.05) is 7.11 Å². The van der Waals surface area contributed by atoms with E-state index < -0.39 is 0 Å². The molecule has 0 saturated carbocycles. The van der Waals surface area contributed by atoms with Gasteiger partial charge in [0.05, 0.1) is 18.9 Å². The zero-order chi connectivity index (χ0) is 13.2. The molecule has 0 saturated heterocycles. The average molecular weight is 254 g/mol. The zero-order valence-corrected chi connectivity index (χ0v) is 11.0. The zero-order valence-electron chi connectivity index (χ0n) is 11.0. The van der Waals surface area contributed by atoms with Gasteiger partial charge < -0.3 is 10.5 Å². The highest BCUT2D eigenvalue weighted by molar-refractivity contribution is 6.09. The molecule has 0 amide bonds. The van der Waals surface area contributed by atoms with Gasteiger partial charge in [0, 0.05) is 0 Å². The Labute approximate surface area is 113 Å². The van der Waals surface area contributed by atoms with Crippen molar-refractivity contribution in [1.29, 1.82) is 0 Å². The van der Waals surface area contributed by atoms with Crippen molar-refractivity contribution in [3.8, 4) is 5.75 Å². The third kappa shape index (κ3) is 2.41. The standard InChI is InChI=1S/C16H18N2O/c1-19-14-6-5-11-8-13(9-12(11)10-14)16-15(18-16)4-2-3-7-17/h2-7,10,13,16H,8-9,17H2,1H3/b4-2-,7-3-. The molecule has 98 valence electrons. The summed E-state index contributed by atoms with van der Waals surface area (Å²) >= 11 is 0. The fourth-order valence-corrected chi connectivity index (χ4v) is 2.81. The molecule has 0 aromatic heterocycles. The molecule has 1 aliphatic carbocycles. The second-order valence-electron chi connectivity index (χ2n) is 5.05. The number of fused-ring (bicyclic) bond motifs is 1. The predicted octanol–water partition coefficient (Wildman–Crippen LogP) is 2.26. The highest BCUT2D eigenvalue weighted by Crippen LogP contribution is 2.36. The maximum absolute atomic E-state index is 5.29. The minimum Gasteiger partial charge on any atom is -0.497 e. The Balaban J connectivity index is 1.63. The number of benzene rings is 1. The largest absolute Gasteiger partial charge is 0.497 e. The highest BCUT2D eigenvalue weighted by Gasteiger charge is 2.37. The number of hydrogen-bond acceptors (Lipinski definition) is 3. The van der Waals surface area contributed by atoms with E-state index in [1.54, 1.807) is 7.11 Å². The van der Waals surface area contributed by atoms with Gasteiger partial charge in [0.25, 0.3) is 0 Å². The van der Waals surface area contributed by atoms with Crippen molar-refractivity contribution < 1.29 is 4.74 Å². The number of ether oxygens (including phenoxy) is 1. The molecule has 3 rings (SSSR count). The Morgan fingerprint density at radius 3 is 2.89 bits per heavy atom. The van der Waals surface area contributed by atoms with Gasteiger partial charge in [-0.25, -0.2) is 0 Å². The van der Waals surface area contributed by atoms with Crippen LogP contribution in [0.3, 0.4) is 0 Å². The Kier molecular flexibility index (Phi) is 3.11. The number of hydrogen-bond donors (Lipinski definition) is 1. The molecular formula is C16H18N2O. The first-order valence-corrected chi connectivity index (χ1v) is 6.60. The number of aliphatic imine (C=N–C) groups is 1. The monoisotopic (exact) mass is 254 g/mol. The second-order valence-corrected chi connectivity index (χ2v) is 5.05. The van der Waals surface area contributed by atoms with Gasteiger partial charge in [-0.05, 0) is 60.4 Å². The van der Waals surface area contributed by atoms with Crippen LogP contribution in [0.1, 0.15) is 11.1 Å². The lowest BCUT2D eigenvalue weighted by molar-refractivity contribution is 0.414. The van der Waals surface area contributed by atoms with E-state index in [1.165, 1.54) is 23.0 Å². The summed E-state index contributed by atoms with van der Waals surface area (Å²) in [4.78, 5) is 4.56. The Morgan fingerprint density at radius 1 is 1.26 bits per heavy atom. The molecule has 0 spiro atoms. The van der Waals surface area contributed by atoms with Gasteiger partial charge in [0.15, 0.2) is 0 Å². The van der Waals surface area contributed by atoms with Gasteiger partial charge in [-0.3, -0.25) is 4.99 Å². The Hall–Kier alpha value is -2.03. The maximum Gasteiger partial charge on any atom is 0.119 e. The van der Waals surface area contributed by atoms with Gasteiger partial charge in [0.2, 0.25) is 0 Å². The fourth-order valence-electron chi connectivity index (χ4n) is 2.81. The van der Waals surface area contributed by atoms with Crippen molar-refractivity contribution in [3.05, 3.63) is 53.8 Å². The molecular weight excluding hydrogens is 236 g/mol. The molecule has 3 heteroatoms. The molecule has 2 unspecified atom stereocenters. The maximum atomic E-state index is 5.29. The van der Waals surface area contributed by atoms with E-state index in [2.05, 4.69) is 23.2 Å². The number of nitrogens with zero attached hydrogens (tertiary/aromatic N) is 1. The molecule has 0 fully saturated rings. The quantitative estimate of drug-likeness (QED) is 0.838. The summed E-state index contributed by atoms with van der Waals surface area (Å²) in [6.07, 6.45) is 9.59. The van der Waals surface area contributed by atoms with E-state index in [0.29, 0.717) is 12.0 Å². The Bertz CT molecular complexity index is 572. The smallest absolute Gasteiger partial charge is 0.119 e. The topological polar surface area (TPSA) is 47.6 Å². The summed E-state index contributed by atoms with van der Waals surface area (Å²) in [6.45, 7) is 0. The summed E-state index contributed by atoms with van der Waals surface area (Å²) in [6, 6.07) is 6.79. The SMILES string of the molecule is COc1ccc2c(c1)CC(C1N=C1/C=C\C=C/N)C2. The lowest BCUT2D eigenvalue weighted by Crippen LogP contribution is -2.12. The first-order chi connectivity index (χ1) is 9.31. The number of nitrogens with two attached hydrogens (primary N) is 1. The summed E-state index contributed by atoms with van der Waals surface area (Å²) in [5, 5.41) is 0. The molecule has 2 aliphatic rings. The van der Waals surface area contributed by atoms with Gasteiger partial charge in [-0.2, -0.15) is 0 Å². The molecule has 1 aromatic rings. The van der Waals surface area contributed by atoms with Crippen LogP contribution in [0.2, 0.25) is 0 Å². The third-order valence-corrected chi connectivity index (χ3v) is 3.84. The van der Waals surface area contributed by atoms with Gasteiger partial charge in [-0.1, -0.05) is 12.1 Å². The Morgan fingerprint density at radius 2 is 2.11 bits per heavy atom. The normalized spacial score (nSPS) is 24.8. The van der Waals surface area contributed by atoms with E-state index >= 15 is 0 Å². The van der Waals surface area contributed by atoms with Crippen LogP contribution in [0.4, 0.5) is 0 Å². The van der Waals surface area contributed by atoms with Crippen LogP contribution in [0.25, 0.3) is 0 Å². The van der Waals surface area contributed by atoms with E-state index in [1.807, 2.05) is 18.2 Å². The van der Waals surface area contributed by atoms with Crippen LogP contribution in [-0.4, -0.2) is 18.9 Å². The summed E-state index contributed by atoms with van der Waals surface area (Å²) in [5.41, 5.74) is 9.35. The number of rotatable bonds is 4. The fraction of sp³-hybridized carbons (Fsp3) is 0.312. The van der Waals surface area contributed by atoms with Crippen LogP contribution < -0.4 is 10.5 Å². The molecule has 0 bridgehead atoms. The van der Waals surface area contributed by atoms with Crippen molar-refractivity contribution in [1.82, 2.24) is 0 Å². The molecule has 1 aliphatic heterocycles. The van der Waals surface area contributed by atoms with Crippen LogP contribution in [0, 0.1) is 5.92 Å².